The first-order chi connectivity index (χ1) is 12.0. The molecule has 3 nitrogen and oxygen atoms in total. The van der Waals surface area contributed by atoms with E-state index in [9.17, 15) is 13.6 Å². The molecule has 4 rings (SSSR count). The van der Waals surface area contributed by atoms with Crippen LogP contribution >= 0.6 is 23.6 Å². The van der Waals surface area contributed by atoms with E-state index >= 15 is 0 Å². The van der Waals surface area contributed by atoms with Gasteiger partial charge in [0.1, 0.15) is 16.5 Å². The molecule has 0 saturated carbocycles. The van der Waals surface area contributed by atoms with Gasteiger partial charge in [0.05, 0.1) is 11.1 Å². The number of aromatic nitrogens is 2. The number of benzene rings is 2. The highest BCUT2D eigenvalue weighted by atomic mass is 32.1. The van der Waals surface area contributed by atoms with Crippen molar-refractivity contribution < 1.29 is 8.78 Å². The molecule has 0 aliphatic rings. The van der Waals surface area contributed by atoms with E-state index in [-0.39, 0.29) is 10.5 Å². The van der Waals surface area contributed by atoms with Crippen molar-refractivity contribution in [2.75, 3.05) is 0 Å². The number of H-pyrrole nitrogens is 1. The minimum Gasteiger partial charge on any atom is -0.323 e. The molecule has 2 heterocycles. The molecular weight excluding hydrogens is 362 g/mol. The molecule has 0 aliphatic carbocycles. The van der Waals surface area contributed by atoms with Gasteiger partial charge in [0, 0.05) is 17.0 Å². The molecule has 0 spiro atoms. The first kappa shape index (κ1) is 15.9. The fourth-order valence-corrected chi connectivity index (χ4v) is 4.07. The smallest absolute Gasteiger partial charge is 0.268 e. The monoisotopic (exact) mass is 372 g/mol. The van der Waals surface area contributed by atoms with Gasteiger partial charge in [-0.25, -0.2) is 8.78 Å². The van der Waals surface area contributed by atoms with Crippen LogP contribution in [0.3, 0.4) is 0 Å². The van der Waals surface area contributed by atoms with Crippen LogP contribution < -0.4 is 5.56 Å². The first-order valence-corrected chi connectivity index (χ1v) is 8.62. The first-order valence-electron chi connectivity index (χ1n) is 7.33. The molecule has 124 valence electrons. The van der Waals surface area contributed by atoms with Crippen LogP contribution in [0.25, 0.3) is 27.0 Å². The average Bonchev–Trinajstić information content (AvgIpc) is 2.99. The summed E-state index contributed by atoms with van der Waals surface area (Å²) in [7, 11) is 0. The van der Waals surface area contributed by atoms with Gasteiger partial charge in [0.2, 0.25) is 0 Å². The Hall–Kier alpha value is -2.64. The standard InChI is InChI=1S/C18H10F2N2OS2/c19-11-6-12(20)8-13(7-11)22-17(23)15-14(10-4-2-1-3-5-10)9-25-16(15)21-18(22)24/h1-9H,(H,21,24). The Bertz CT molecular complexity index is 1190. The quantitative estimate of drug-likeness (QED) is 0.500. The molecule has 1 N–H and O–H groups in total. The lowest BCUT2D eigenvalue weighted by molar-refractivity contribution is 0.581. The summed E-state index contributed by atoms with van der Waals surface area (Å²) in [6.07, 6.45) is 0. The van der Waals surface area contributed by atoms with Crippen LogP contribution in [-0.2, 0) is 0 Å². The van der Waals surface area contributed by atoms with Gasteiger partial charge < -0.3 is 4.98 Å². The summed E-state index contributed by atoms with van der Waals surface area (Å²) in [6, 6.07) is 12.3. The number of fused-ring (bicyclic) bond motifs is 1. The third kappa shape index (κ3) is 2.71. The van der Waals surface area contributed by atoms with Gasteiger partial charge in [0.15, 0.2) is 4.77 Å². The molecular formula is C18H10F2N2OS2. The Balaban J connectivity index is 2.07. The van der Waals surface area contributed by atoms with Crippen molar-refractivity contribution in [3.05, 3.63) is 80.7 Å². The Morgan fingerprint density at radius 1 is 1.04 bits per heavy atom. The highest BCUT2D eigenvalue weighted by Crippen LogP contribution is 2.30. The van der Waals surface area contributed by atoms with Gasteiger partial charge in [-0.1, -0.05) is 30.3 Å². The van der Waals surface area contributed by atoms with Gasteiger partial charge in [-0.3, -0.25) is 9.36 Å². The van der Waals surface area contributed by atoms with E-state index in [0.29, 0.717) is 10.2 Å². The van der Waals surface area contributed by atoms with E-state index in [4.69, 9.17) is 12.2 Å². The fraction of sp³-hybridized carbons (Fsp3) is 0. The van der Waals surface area contributed by atoms with Gasteiger partial charge in [0.25, 0.3) is 5.56 Å². The van der Waals surface area contributed by atoms with Crippen LogP contribution in [0.15, 0.2) is 58.7 Å². The van der Waals surface area contributed by atoms with Crippen molar-refractivity contribution in [3.63, 3.8) is 0 Å². The summed E-state index contributed by atoms with van der Waals surface area (Å²) in [5.74, 6) is -1.55. The van der Waals surface area contributed by atoms with E-state index in [2.05, 4.69) is 4.98 Å². The maximum atomic E-state index is 13.6. The number of nitrogens with zero attached hydrogens (tertiary/aromatic N) is 1. The maximum absolute atomic E-state index is 13.6. The second-order valence-electron chi connectivity index (χ2n) is 5.42. The molecule has 0 amide bonds. The summed E-state index contributed by atoms with van der Waals surface area (Å²) < 4.78 is 28.4. The van der Waals surface area contributed by atoms with E-state index in [1.54, 1.807) is 0 Å². The molecule has 4 aromatic rings. The summed E-state index contributed by atoms with van der Waals surface area (Å²) >= 11 is 6.59. The zero-order chi connectivity index (χ0) is 17.6. The third-order valence-corrected chi connectivity index (χ3v) is 5.00. The highest BCUT2D eigenvalue weighted by molar-refractivity contribution is 7.71. The summed E-state index contributed by atoms with van der Waals surface area (Å²) in [5, 5.41) is 2.30. The summed E-state index contributed by atoms with van der Waals surface area (Å²) in [5.41, 5.74) is 1.27. The van der Waals surface area contributed by atoms with Crippen LogP contribution in [0, 0.1) is 16.4 Å². The molecule has 0 fully saturated rings. The number of thiophene rings is 1. The Labute approximate surface area is 149 Å². The number of hydrogen-bond donors (Lipinski definition) is 1. The zero-order valence-corrected chi connectivity index (χ0v) is 14.3. The molecule has 25 heavy (non-hydrogen) atoms. The van der Waals surface area contributed by atoms with Gasteiger partial charge in [-0.05, 0) is 29.9 Å². The molecule has 0 radical (unpaired) electrons. The molecule has 0 bridgehead atoms. The summed E-state index contributed by atoms with van der Waals surface area (Å²) in [4.78, 5) is 16.7. The number of aromatic amines is 1. The minimum atomic E-state index is -0.773. The summed E-state index contributed by atoms with van der Waals surface area (Å²) in [6.45, 7) is 0. The maximum Gasteiger partial charge on any atom is 0.268 e. The minimum absolute atomic E-state index is 0.0517. The third-order valence-electron chi connectivity index (χ3n) is 3.82. The van der Waals surface area contributed by atoms with E-state index in [1.807, 2.05) is 35.7 Å². The van der Waals surface area contributed by atoms with Gasteiger partial charge >= 0.3 is 0 Å². The normalized spacial score (nSPS) is 11.1. The lowest BCUT2D eigenvalue weighted by Crippen LogP contribution is -2.20. The predicted molar refractivity (Wildman–Crippen MR) is 98.0 cm³/mol. The SMILES string of the molecule is O=c1c2c(-c3ccccc3)csc2[nH]c(=S)n1-c1cc(F)cc(F)c1. The van der Waals surface area contributed by atoms with Crippen LogP contribution in [0.4, 0.5) is 8.78 Å². The van der Waals surface area contributed by atoms with Crippen LogP contribution in [-0.4, -0.2) is 9.55 Å². The molecule has 0 atom stereocenters. The Morgan fingerprint density at radius 2 is 1.72 bits per heavy atom. The molecule has 2 aromatic heterocycles. The second-order valence-corrected chi connectivity index (χ2v) is 6.68. The fourth-order valence-electron chi connectivity index (χ4n) is 2.75. The van der Waals surface area contributed by atoms with Crippen molar-refractivity contribution >= 4 is 33.8 Å². The lowest BCUT2D eigenvalue weighted by Gasteiger charge is -2.08. The number of halogens is 2. The molecule has 0 saturated heterocycles. The Kier molecular flexibility index (Phi) is 3.82. The van der Waals surface area contributed by atoms with Crippen molar-refractivity contribution in [1.82, 2.24) is 9.55 Å². The van der Waals surface area contributed by atoms with Crippen LogP contribution in [0.5, 0.6) is 0 Å². The van der Waals surface area contributed by atoms with Crippen molar-refractivity contribution in [3.8, 4) is 16.8 Å². The van der Waals surface area contributed by atoms with Gasteiger partial charge in [-0.15, -0.1) is 11.3 Å². The van der Waals surface area contributed by atoms with Crippen molar-refractivity contribution in [2.45, 2.75) is 0 Å². The largest absolute Gasteiger partial charge is 0.323 e. The predicted octanol–water partition coefficient (Wildman–Crippen LogP) is 5.05. The van der Waals surface area contributed by atoms with E-state index < -0.39 is 17.2 Å². The van der Waals surface area contributed by atoms with Crippen molar-refractivity contribution in [1.29, 1.82) is 0 Å². The van der Waals surface area contributed by atoms with Crippen LogP contribution in [0.1, 0.15) is 0 Å². The second kappa shape index (κ2) is 6.02. The molecule has 0 unspecified atom stereocenters. The number of nitrogens with one attached hydrogen (secondary N) is 1. The topological polar surface area (TPSA) is 37.8 Å². The van der Waals surface area contributed by atoms with Gasteiger partial charge in [-0.2, -0.15) is 0 Å². The van der Waals surface area contributed by atoms with Crippen molar-refractivity contribution in [2.24, 2.45) is 0 Å². The number of rotatable bonds is 2. The molecule has 2 aromatic carbocycles. The van der Waals surface area contributed by atoms with Crippen LogP contribution in [0.2, 0.25) is 0 Å². The zero-order valence-electron chi connectivity index (χ0n) is 12.6. The average molecular weight is 372 g/mol. The van der Waals surface area contributed by atoms with E-state index in [1.165, 1.54) is 11.3 Å². The Morgan fingerprint density at radius 3 is 2.40 bits per heavy atom. The molecule has 0 aliphatic heterocycles. The number of hydrogen-bond acceptors (Lipinski definition) is 3. The lowest BCUT2D eigenvalue weighted by atomic mass is 10.1. The molecule has 7 heteroatoms. The van der Waals surface area contributed by atoms with E-state index in [0.717, 1.165) is 33.9 Å². The highest BCUT2D eigenvalue weighted by Gasteiger charge is 2.15.